The van der Waals surface area contributed by atoms with Crippen LogP contribution in [0.4, 0.5) is 0 Å². The van der Waals surface area contributed by atoms with E-state index in [9.17, 15) is 4.79 Å². The lowest BCUT2D eigenvalue weighted by Gasteiger charge is -2.34. The summed E-state index contributed by atoms with van der Waals surface area (Å²) in [5.41, 5.74) is 5.68. The third kappa shape index (κ3) is 5.47. The lowest BCUT2D eigenvalue weighted by atomic mass is 10.0. The highest BCUT2D eigenvalue weighted by molar-refractivity contribution is 5.75. The van der Waals surface area contributed by atoms with Crippen molar-refractivity contribution < 1.29 is 14.3 Å². The van der Waals surface area contributed by atoms with Crippen molar-refractivity contribution in [1.82, 2.24) is 4.90 Å². The Labute approximate surface area is 116 Å². The summed E-state index contributed by atoms with van der Waals surface area (Å²) in [6.45, 7) is 7.32. The average molecular weight is 272 g/mol. The number of nitrogens with zero attached hydrogens (tertiary/aromatic N) is 1. The Bertz CT molecular complexity index is 261. The number of carbonyl (C=O) groups excluding carboxylic acids is 1. The predicted molar refractivity (Wildman–Crippen MR) is 74.9 cm³/mol. The van der Waals surface area contributed by atoms with Crippen LogP contribution in [0.15, 0.2) is 0 Å². The van der Waals surface area contributed by atoms with E-state index < -0.39 is 0 Å². The molecule has 0 saturated carbocycles. The van der Waals surface area contributed by atoms with Gasteiger partial charge in [-0.2, -0.15) is 0 Å². The van der Waals surface area contributed by atoms with E-state index in [1.807, 2.05) is 13.8 Å². The maximum absolute atomic E-state index is 11.9. The molecule has 0 aliphatic carbocycles. The highest BCUT2D eigenvalue weighted by Crippen LogP contribution is 2.19. The number of rotatable bonds is 8. The fourth-order valence-corrected chi connectivity index (χ4v) is 2.58. The zero-order valence-electron chi connectivity index (χ0n) is 12.3. The van der Waals surface area contributed by atoms with Crippen molar-refractivity contribution in [2.75, 3.05) is 32.8 Å². The number of hydrogen-bond donors (Lipinski definition) is 1. The van der Waals surface area contributed by atoms with E-state index in [1.165, 1.54) is 0 Å². The number of esters is 1. The van der Waals surface area contributed by atoms with Gasteiger partial charge in [0.1, 0.15) is 6.04 Å². The summed E-state index contributed by atoms with van der Waals surface area (Å²) in [5.74, 6) is -0.0806. The van der Waals surface area contributed by atoms with Crippen LogP contribution in [-0.2, 0) is 14.3 Å². The number of ether oxygens (including phenoxy) is 2. The lowest BCUT2D eigenvalue weighted by Crippen LogP contribution is -2.46. The largest absolute Gasteiger partial charge is 0.465 e. The van der Waals surface area contributed by atoms with Gasteiger partial charge in [-0.25, -0.2) is 0 Å². The third-order valence-electron chi connectivity index (χ3n) is 3.58. The molecule has 1 heterocycles. The summed E-state index contributed by atoms with van der Waals surface area (Å²) in [5, 5.41) is 0. The van der Waals surface area contributed by atoms with Crippen LogP contribution in [0, 0.1) is 0 Å². The molecule has 0 amide bonds. The summed E-state index contributed by atoms with van der Waals surface area (Å²) in [6, 6.07) is -0.0752. The number of hydrogen-bond acceptors (Lipinski definition) is 5. The smallest absolute Gasteiger partial charge is 0.323 e. The molecule has 1 rings (SSSR count). The zero-order valence-corrected chi connectivity index (χ0v) is 12.3. The molecule has 19 heavy (non-hydrogen) atoms. The SMILES string of the molecule is CCOC(=O)C1CCCCN1CCC(CN)OCC. The fourth-order valence-electron chi connectivity index (χ4n) is 2.58. The van der Waals surface area contributed by atoms with E-state index in [4.69, 9.17) is 15.2 Å². The van der Waals surface area contributed by atoms with E-state index in [2.05, 4.69) is 4.90 Å². The number of likely N-dealkylation sites (tertiary alicyclic amines) is 1. The van der Waals surface area contributed by atoms with Crippen molar-refractivity contribution in [3.63, 3.8) is 0 Å². The summed E-state index contributed by atoms with van der Waals surface area (Å²) in [7, 11) is 0. The molecule has 2 N–H and O–H groups in total. The van der Waals surface area contributed by atoms with Gasteiger partial charge in [-0.3, -0.25) is 9.69 Å². The number of carbonyl (C=O) groups is 1. The molecule has 1 fully saturated rings. The number of nitrogens with two attached hydrogens (primary N) is 1. The molecule has 0 aromatic rings. The Kier molecular flexibility index (Phi) is 8.02. The molecule has 5 heteroatoms. The average Bonchev–Trinajstić information content (AvgIpc) is 2.44. The van der Waals surface area contributed by atoms with Gasteiger partial charge < -0.3 is 15.2 Å². The Morgan fingerprint density at radius 2 is 2.16 bits per heavy atom. The van der Waals surface area contributed by atoms with Gasteiger partial charge in [0.2, 0.25) is 0 Å². The van der Waals surface area contributed by atoms with Crippen LogP contribution < -0.4 is 5.73 Å². The molecule has 2 atom stereocenters. The quantitative estimate of drug-likeness (QED) is 0.672. The first-order valence-corrected chi connectivity index (χ1v) is 7.45. The zero-order chi connectivity index (χ0) is 14.1. The van der Waals surface area contributed by atoms with Crippen LogP contribution in [0.25, 0.3) is 0 Å². The Morgan fingerprint density at radius 3 is 2.79 bits per heavy atom. The maximum atomic E-state index is 11.9. The standard InChI is InChI=1S/C14H28N2O3/c1-3-18-12(11-15)8-10-16-9-6-5-7-13(16)14(17)19-4-2/h12-13H,3-11,15H2,1-2H3. The molecule has 0 aromatic heterocycles. The molecule has 112 valence electrons. The van der Waals surface area contributed by atoms with Crippen molar-refractivity contribution in [2.24, 2.45) is 5.73 Å². The van der Waals surface area contributed by atoms with Crippen LogP contribution in [0.5, 0.6) is 0 Å². The molecule has 0 radical (unpaired) electrons. The number of piperidine rings is 1. The van der Waals surface area contributed by atoms with Crippen LogP contribution in [0.3, 0.4) is 0 Å². The molecule has 0 aromatic carbocycles. The van der Waals surface area contributed by atoms with Crippen LogP contribution in [-0.4, -0.2) is 55.9 Å². The predicted octanol–water partition coefficient (Wildman–Crippen LogP) is 1.16. The molecule has 1 aliphatic rings. The van der Waals surface area contributed by atoms with Gasteiger partial charge in [0, 0.05) is 19.7 Å². The van der Waals surface area contributed by atoms with Crippen molar-refractivity contribution in [1.29, 1.82) is 0 Å². The Hall–Kier alpha value is -0.650. The Balaban J connectivity index is 2.45. The lowest BCUT2D eigenvalue weighted by molar-refractivity contribution is -0.151. The molecular formula is C14H28N2O3. The first kappa shape index (κ1) is 16.4. The van der Waals surface area contributed by atoms with Gasteiger partial charge in [-0.15, -0.1) is 0 Å². The summed E-state index contributed by atoms with van der Waals surface area (Å²) < 4.78 is 10.7. The van der Waals surface area contributed by atoms with Crippen LogP contribution in [0.2, 0.25) is 0 Å². The fraction of sp³-hybridized carbons (Fsp3) is 0.929. The molecule has 1 aliphatic heterocycles. The third-order valence-corrected chi connectivity index (χ3v) is 3.58. The summed E-state index contributed by atoms with van der Waals surface area (Å²) in [6.07, 6.45) is 4.12. The second-order valence-electron chi connectivity index (χ2n) is 4.90. The highest BCUT2D eigenvalue weighted by Gasteiger charge is 2.29. The molecule has 5 nitrogen and oxygen atoms in total. The van der Waals surface area contributed by atoms with Gasteiger partial charge in [-0.05, 0) is 39.7 Å². The topological polar surface area (TPSA) is 64.8 Å². The Morgan fingerprint density at radius 1 is 1.37 bits per heavy atom. The maximum Gasteiger partial charge on any atom is 0.323 e. The minimum Gasteiger partial charge on any atom is -0.465 e. The van der Waals surface area contributed by atoms with Crippen molar-refractivity contribution >= 4 is 5.97 Å². The normalized spacial score (nSPS) is 22.2. The second-order valence-corrected chi connectivity index (χ2v) is 4.90. The first-order valence-electron chi connectivity index (χ1n) is 7.45. The van der Waals surface area contributed by atoms with Gasteiger partial charge in [0.25, 0.3) is 0 Å². The van der Waals surface area contributed by atoms with Crippen molar-refractivity contribution in [2.45, 2.75) is 51.7 Å². The van der Waals surface area contributed by atoms with Crippen LogP contribution >= 0.6 is 0 Å². The van der Waals surface area contributed by atoms with Gasteiger partial charge in [0.05, 0.1) is 12.7 Å². The van der Waals surface area contributed by atoms with Crippen LogP contribution in [0.1, 0.15) is 39.5 Å². The molecule has 1 saturated heterocycles. The van der Waals surface area contributed by atoms with Crippen molar-refractivity contribution in [3.05, 3.63) is 0 Å². The summed E-state index contributed by atoms with van der Waals surface area (Å²) in [4.78, 5) is 14.2. The second kappa shape index (κ2) is 9.28. The molecule has 2 unspecified atom stereocenters. The van der Waals surface area contributed by atoms with Gasteiger partial charge in [0.15, 0.2) is 0 Å². The van der Waals surface area contributed by atoms with E-state index >= 15 is 0 Å². The molecule has 0 bridgehead atoms. The van der Waals surface area contributed by atoms with E-state index in [0.29, 0.717) is 19.8 Å². The van der Waals surface area contributed by atoms with Crippen molar-refractivity contribution in [3.8, 4) is 0 Å². The van der Waals surface area contributed by atoms with E-state index in [-0.39, 0.29) is 18.1 Å². The minimum absolute atomic E-state index is 0.0752. The molecular weight excluding hydrogens is 244 g/mol. The van der Waals surface area contributed by atoms with E-state index in [1.54, 1.807) is 0 Å². The minimum atomic E-state index is -0.0806. The van der Waals surface area contributed by atoms with Gasteiger partial charge >= 0.3 is 5.97 Å². The van der Waals surface area contributed by atoms with E-state index in [0.717, 1.165) is 38.8 Å². The summed E-state index contributed by atoms with van der Waals surface area (Å²) >= 11 is 0. The van der Waals surface area contributed by atoms with Gasteiger partial charge in [-0.1, -0.05) is 6.42 Å². The first-order chi connectivity index (χ1) is 9.22. The molecule has 0 spiro atoms. The monoisotopic (exact) mass is 272 g/mol. The highest BCUT2D eigenvalue weighted by atomic mass is 16.5.